The maximum Gasteiger partial charge on any atom is 0.214 e. The Balaban J connectivity index is 1.59. The fourth-order valence-corrected chi connectivity index (χ4v) is 3.06. The van der Waals surface area contributed by atoms with Gasteiger partial charge in [0.15, 0.2) is 0 Å². The van der Waals surface area contributed by atoms with Crippen LogP contribution in [0.15, 0.2) is 36.4 Å². The number of aromatic nitrogens is 1. The summed E-state index contributed by atoms with van der Waals surface area (Å²) in [6.07, 6.45) is 1.11. The zero-order chi connectivity index (χ0) is 15.5. The van der Waals surface area contributed by atoms with E-state index in [1.807, 2.05) is 12.1 Å². The van der Waals surface area contributed by atoms with Gasteiger partial charge in [-0.15, -0.1) is 0 Å². The predicted octanol–water partition coefficient (Wildman–Crippen LogP) is 4.12. The molecule has 2 aromatic rings. The number of pyridine rings is 1. The van der Waals surface area contributed by atoms with Crippen LogP contribution in [0.3, 0.4) is 0 Å². The highest BCUT2D eigenvalue weighted by Crippen LogP contribution is 2.29. The summed E-state index contributed by atoms with van der Waals surface area (Å²) < 4.78 is 13.1. The number of nitrogens with one attached hydrogen (secondary N) is 1. The van der Waals surface area contributed by atoms with Crippen LogP contribution in [0.1, 0.15) is 12.0 Å². The predicted molar refractivity (Wildman–Crippen MR) is 89.2 cm³/mol. The largest absolute Gasteiger partial charge is 0.371 e. The first-order valence-corrected chi connectivity index (χ1v) is 7.87. The van der Waals surface area contributed by atoms with E-state index in [-0.39, 0.29) is 0 Å². The lowest BCUT2D eigenvalue weighted by Crippen LogP contribution is -2.23. The fraction of sp³-hybridized carbons (Fsp3) is 0.353. The maximum absolute atomic E-state index is 13.1. The molecule has 1 saturated heterocycles. The van der Waals surface area contributed by atoms with Crippen LogP contribution in [-0.4, -0.2) is 24.6 Å². The van der Waals surface area contributed by atoms with E-state index in [1.54, 1.807) is 12.1 Å². The molecule has 0 spiro atoms. The molecule has 1 aromatic carbocycles. The van der Waals surface area contributed by atoms with Crippen molar-refractivity contribution in [2.75, 3.05) is 29.9 Å². The highest BCUT2D eigenvalue weighted by atomic mass is 35.5. The summed E-state index contributed by atoms with van der Waals surface area (Å²) >= 11 is 6.10. The van der Waals surface area contributed by atoms with E-state index in [9.17, 15) is 4.39 Å². The molecule has 0 radical (unpaired) electrons. The Morgan fingerprint density at radius 3 is 3.05 bits per heavy atom. The first kappa shape index (κ1) is 15.1. The van der Waals surface area contributed by atoms with Crippen LogP contribution < -0.4 is 10.2 Å². The van der Waals surface area contributed by atoms with Gasteiger partial charge in [-0.25, -0.2) is 4.98 Å². The minimum atomic E-state index is -0.451. The summed E-state index contributed by atoms with van der Waals surface area (Å²) in [5.41, 5.74) is 2.45. The second kappa shape index (κ2) is 6.53. The number of hydrogen-bond acceptors (Lipinski definition) is 3. The standard InChI is InChI=1S/C17H19ClFN3/c1-12-5-6-14(18)9-15(12)22-8-7-13(11-22)10-20-17-4-2-3-16(19)21-17/h2-6,9,13H,7-8,10-11H2,1H3,(H,20,21). The molecule has 1 fully saturated rings. The third-order valence-electron chi connectivity index (χ3n) is 4.08. The van der Waals surface area contributed by atoms with Crippen molar-refractivity contribution in [3.63, 3.8) is 0 Å². The van der Waals surface area contributed by atoms with Crippen molar-refractivity contribution < 1.29 is 4.39 Å². The molecule has 0 aliphatic carbocycles. The molecule has 22 heavy (non-hydrogen) atoms. The Morgan fingerprint density at radius 2 is 2.23 bits per heavy atom. The van der Waals surface area contributed by atoms with Gasteiger partial charge in [0.2, 0.25) is 5.95 Å². The molecule has 1 atom stereocenters. The Hall–Kier alpha value is -1.81. The SMILES string of the molecule is Cc1ccc(Cl)cc1N1CCC(CNc2cccc(F)n2)C1. The third kappa shape index (κ3) is 3.50. The highest BCUT2D eigenvalue weighted by Gasteiger charge is 2.23. The van der Waals surface area contributed by atoms with Crippen molar-refractivity contribution >= 4 is 23.1 Å². The third-order valence-corrected chi connectivity index (χ3v) is 4.32. The van der Waals surface area contributed by atoms with E-state index in [4.69, 9.17) is 11.6 Å². The van der Waals surface area contributed by atoms with Gasteiger partial charge in [-0.2, -0.15) is 4.39 Å². The van der Waals surface area contributed by atoms with Gasteiger partial charge in [-0.1, -0.05) is 23.7 Å². The summed E-state index contributed by atoms with van der Waals surface area (Å²) in [7, 11) is 0. The molecule has 1 N–H and O–H groups in total. The Morgan fingerprint density at radius 1 is 1.36 bits per heavy atom. The van der Waals surface area contributed by atoms with Crippen LogP contribution in [0.25, 0.3) is 0 Å². The van der Waals surface area contributed by atoms with Crippen LogP contribution >= 0.6 is 11.6 Å². The highest BCUT2D eigenvalue weighted by molar-refractivity contribution is 6.30. The molecule has 5 heteroatoms. The molecule has 3 rings (SSSR count). The number of benzene rings is 1. The van der Waals surface area contributed by atoms with Crippen LogP contribution in [0.2, 0.25) is 5.02 Å². The topological polar surface area (TPSA) is 28.2 Å². The van der Waals surface area contributed by atoms with Crippen LogP contribution in [0, 0.1) is 18.8 Å². The van der Waals surface area contributed by atoms with Gasteiger partial charge in [0.05, 0.1) is 0 Å². The molecule has 1 aliphatic rings. The number of aryl methyl sites for hydroxylation is 1. The minimum absolute atomic E-state index is 0.451. The van der Waals surface area contributed by atoms with Crippen LogP contribution in [-0.2, 0) is 0 Å². The van der Waals surface area contributed by atoms with Gasteiger partial charge in [0, 0.05) is 30.3 Å². The molecule has 0 saturated carbocycles. The molecule has 1 unspecified atom stereocenters. The summed E-state index contributed by atoms with van der Waals surface area (Å²) in [5, 5.41) is 3.99. The molecular weight excluding hydrogens is 301 g/mol. The van der Waals surface area contributed by atoms with Crippen molar-refractivity contribution in [1.82, 2.24) is 4.98 Å². The van der Waals surface area contributed by atoms with Gasteiger partial charge in [-0.3, -0.25) is 0 Å². The monoisotopic (exact) mass is 319 g/mol. The Bertz CT molecular complexity index is 662. The van der Waals surface area contributed by atoms with E-state index in [0.717, 1.165) is 31.1 Å². The molecule has 2 heterocycles. The van der Waals surface area contributed by atoms with Crippen molar-refractivity contribution in [2.45, 2.75) is 13.3 Å². The van der Waals surface area contributed by atoms with E-state index in [1.165, 1.54) is 17.3 Å². The summed E-state index contributed by atoms with van der Waals surface area (Å²) in [5.74, 6) is 0.661. The zero-order valence-corrected chi connectivity index (χ0v) is 13.3. The first-order valence-electron chi connectivity index (χ1n) is 7.49. The molecule has 0 amide bonds. The maximum atomic E-state index is 13.1. The number of nitrogens with zero attached hydrogens (tertiary/aromatic N) is 2. The summed E-state index contributed by atoms with van der Waals surface area (Å²) in [6, 6.07) is 10.8. The summed E-state index contributed by atoms with van der Waals surface area (Å²) in [4.78, 5) is 6.20. The normalized spacial score (nSPS) is 17.8. The van der Waals surface area contributed by atoms with Crippen LogP contribution in [0.5, 0.6) is 0 Å². The molecule has 3 nitrogen and oxygen atoms in total. The lowest BCUT2D eigenvalue weighted by Gasteiger charge is -2.21. The average molecular weight is 320 g/mol. The Kier molecular flexibility index (Phi) is 4.48. The molecule has 1 aliphatic heterocycles. The van der Waals surface area contributed by atoms with E-state index < -0.39 is 5.95 Å². The van der Waals surface area contributed by atoms with Crippen LogP contribution in [0.4, 0.5) is 15.9 Å². The van der Waals surface area contributed by atoms with Crippen molar-refractivity contribution in [2.24, 2.45) is 5.92 Å². The van der Waals surface area contributed by atoms with Gasteiger partial charge >= 0.3 is 0 Å². The van der Waals surface area contributed by atoms with Gasteiger partial charge in [0.25, 0.3) is 0 Å². The van der Waals surface area contributed by atoms with Gasteiger partial charge in [0.1, 0.15) is 5.82 Å². The molecule has 0 bridgehead atoms. The van der Waals surface area contributed by atoms with E-state index in [2.05, 4.69) is 28.2 Å². The molecular formula is C17H19ClFN3. The minimum Gasteiger partial charge on any atom is -0.371 e. The number of hydrogen-bond donors (Lipinski definition) is 1. The average Bonchev–Trinajstić information content (AvgIpc) is 2.96. The first-order chi connectivity index (χ1) is 10.6. The second-order valence-corrected chi connectivity index (χ2v) is 6.19. The molecule has 116 valence electrons. The van der Waals surface area contributed by atoms with Crippen molar-refractivity contribution in [3.8, 4) is 0 Å². The number of anilines is 2. The van der Waals surface area contributed by atoms with Crippen molar-refractivity contribution in [3.05, 3.63) is 52.9 Å². The smallest absolute Gasteiger partial charge is 0.214 e. The fourth-order valence-electron chi connectivity index (χ4n) is 2.90. The lowest BCUT2D eigenvalue weighted by molar-refractivity contribution is 0.581. The summed E-state index contributed by atoms with van der Waals surface area (Å²) in [6.45, 7) is 4.90. The van der Waals surface area contributed by atoms with E-state index >= 15 is 0 Å². The second-order valence-electron chi connectivity index (χ2n) is 5.76. The van der Waals surface area contributed by atoms with Crippen molar-refractivity contribution in [1.29, 1.82) is 0 Å². The van der Waals surface area contributed by atoms with Gasteiger partial charge < -0.3 is 10.2 Å². The zero-order valence-electron chi connectivity index (χ0n) is 12.5. The number of rotatable bonds is 4. The quantitative estimate of drug-likeness (QED) is 0.859. The molecule has 1 aromatic heterocycles. The van der Waals surface area contributed by atoms with Gasteiger partial charge in [-0.05, 0) is 49.1 Å². The lowest BCUT2D eigenvalue weighted by atomic mass is 10.1. The number of halogens is 2. The van der Waals surface area contributed by atoms with E-state index in [0.29, 0.717) is 11.7 Å². The Labute approximate surface area is 135 Å².